The first-order valence-corrected chi connectivity index (χ1v) is 7.36. The third-order valence-electron chi connectivity index (χ3n) is 2.70. The van der Waals surface area contributed by atoms with E-state index in [1.807, 2.05) is 13.8 Å². The van der Waals surface area contributed by atoms with Gasteiger partial charge in [-0.2, -0.15) is 0 Å². The Labute approximate surface area is 113 Å². The van der Waals surface area contributed by atoms with Gasteiger partial charge >= 0.3 is 0 Å². The number of nitrogens with zero attached hydrogens (tertiary/aromatic N) is 1. The second-order valence-electron chi connectivity index (χ2n) is 5.02. The largest absolute Gasteiger partial charge is 0.385 e. The summed E-state index contributed by atoms with van der Waals surface area (Å²) in [6.07, 6.45) is 1.93. The highest BCUT2D eigenvalue weighted by atomic mass is 32.2. The van der Waals surface area contributed by atoms with Gasteiger partial charge in [0.05, 0.1) is 0 Å². The van der Waals surface area contributed by atoms with Gasteiger partial charge in [0.15, 0.2) is 5.82 Å². The predicted molar refractivity (Wildman–Crippen MR) is 69.7 cm³/mol. The molecule has 0 aromatic carbocycles. The van der Waals surface area contributed by atoms with Gasteiger partial charge in [-0.3, -0.25) is 0 Å². The van der Waals surface area contributed by atoms with E-state index in [1.54, 1.807) is 7.11 Å². The summed E-state index contributed by atoms with van der Waals surface area (Å²) in [7, 11) is -2.34. The van der Waals surface area contributed by atoms with E-state index in [1.165, 1.54) is 12.3 Å². The van der Waals surface area contributed by atoms with Gasteiger partial charge < -0.3 is 4.74 Å². The van der Waals surface area contributed by atoms with E-state index in [2.05, 4.69) is 9.71 Å². The summed E-state index contributed by atoms with van der Waals surface area (Å²) in [4.78, 5) is 3.56. The SMILES string of the molecule is COCCC(C)(C)CNS(=O)(=O)c1ncccc1F. The van der Waals surface area contributed by atoms with E-state index < -0.39 is 20.9 Å². The predicted octanol–water partition coefficient (Wildman–Crippen LogP) is 1.56. The highest BCUT2D eigenvalue weighted by Gasteiger charge is 2.25. The maximum absolute atomic E-state index is 13.4. The maximum atomic E-state index is 13.4. The van der Waals surface area contributed by atoms with Crippen LogP contribution in [0.15, 0.2) is 23.4 Å². The summed E-state index contributed by atoms with van der Waals surface area (Å²) >= 11 is 0. The molecule has 0 unspecified atom stereocenters. The number of hydrogen-bond donors (Lipinski definition) is 1. The standard InChI is InChI=1S/C12H19FN2O3S/c1-12(2,6-8-18-3)9-15-19(16,17)11-10(13)5-4-7-14-11/h4-5,7,15H,6,8-9H2,1-3H3. The fourth-order valence-corrected chi connectivity index (χ4v) is 2.64. The van der Waals surface area contributed by atoms with Crippen LogP contribution in [-0.2, 0) is 14.8 Å². The zero-order chi connectivity index (χ0) is 14.5. The third kappa shape index (κ3) is 4.85. The minimum atomic E-state index is -3.93. The molecule has 0 atom stereocenters. The normalized spacial score (nSPS) is 12.6. The number of methoxy groups -OCH3 is 1. The molecule has 1 aromatic rings. The molecule has 0 saturated carbocycles. The topological polar surface area (TPSA) is 68.3 Å². The van der Waals surface area contributed by atoms with Crippen molar-refractivity contribution in [2.45, 2.75) is 25.3 Å². The summed E-state index contributed by atoms with van der Waals surface area (Å²) < 4.78 is 44.6. The van der Waals surface area contributed by atoms with E-state index in [9.17, 15) is 12.8 Å². The molecule has 0 fully saturated rings. The Morgan fingerprint density at radius 1 is 1.47 bits per heavy atom. The number of ether oxygens (including phenoxy) is 1. The van der Waals surface area contributed by atoms with Gasteiger partial charge in [0, 0.05) is 26.5 Å². The summed E-state index contributed by atoms with van der Waals surface area (Å²) in [6.45, 7) is 4.54. The van der Waals surface area contributed by atoms with Crippen LogP contribution in [0, 0.1) is 11.2 Å². The Hall–Kier alpha value is -1.05. The van der Waals surface area contributed by atoms with Gasteiger partial charge in [0.2, 0.25) is 5.03 Å². The lowest BCUT2D eigenvalue weighted by molar-refractivity contribution is 0.153. The number of rotatable bonds is 7. The number of sulfonamides is 1. The third-order valence-corrected chi connectivity index (χ3v) is 4.04. The number of nitrogens with one attached hydrogen (secondary N) is 1. The molecule has 0 bridgehead atoms. The smallest absolute Gasteiger partial charge is 0.261 e. The molecule has 0 saturated heterocycles. The Morgan fingerprint density at radius 2 is 2.16 bits per heavy atom. The first-order valence-electron chi connectivity index (χ1n) is 5.88. The lowest BCUT2D eigenvalue weighted by atomic mass is 9.90. The molecule has 0 aliphatic rings. The monoisotopic (exact) mass is 290 g/mol. The fraction of sp³-hybridized carbons (Fsp3) is 0.583. The number of pyridine rings is 1. The van der Waals surface area contributed by atoms with E-state index >= 15 is 0 Å². The molecule has 0 amide bonds. The van der Waals surface area contributed by atoms with Crippen LogP contribution >= 0.6 is 0 Å². The molecule has 5 nitrogen and oxygen atoms in total. The van der Waals surface area contributed by atoms with E-state index in [4.69, 9.17) is 4.74 Å². The lowest BCUT2D eigenvalue weighted by Gasteiger charge is -2.24. The van der Waals surface area contributed by atoms with Gasteiger partial charge in [-0.15, -0.1) is 0 Å². The molecular formula is C12H19FN2O3S. The highest BCUT2D eigenvalue weighted by molar-refractivity contribution is 7.89. The first kappa shape index (κ1) is 16.0. The Bertz CT molecular complexity index is 517. The molecule has 1 aromatic heterocycles. The first-order chi connectivity index (χ1) is 8.78. The molecule has 19 heavy (non-hydrogen) atoms. The maximum Gasteiger partial charge on any atom is 0.261 e. The summed E-state index contributed by atoms with van der Waals surface area (Å²) in [6, 6.07) is 2.41. The van der Waals surface area contributed by atoms with Gasteiger partial charge in [-0.05, 0) is 24.0 Å². The molecule has 1 N–H and O–H groups in total. The van der Waals surface area contributed by atoms with Crippen molar-refractivity contribution < 1.29 is 17.5 Å². The van der Waals surface area contributed by atoms with Crippen molar-refractivity contribution in [1.82, 2.24) is 9.71 Å². The van der Waals surface area contributed by atoms with Gasteiger partial charge in [0.25, 0.3) is 10.0 Å². The van der Waals surface area contributed by atoms with Crippen LogP contribution in [0.25, 0.3) is 0 Å². The Morgan fingerprint density at radius 3 is 2.74 bits per heavy atom. The summed E-state index contributed by atoms with van der Waals surface area (Å²) in [5, 5.41) is -0.572. The van der Waals surface area contributed by atoms with Crippen molar-refractivity contribution in [2.24, 2.45) is 5.41 Å². The van der Waals surface area contributed by atoms with Crippen LogP contribution < -0.4 is 4.72 Å². The summed E-state index contributed by atoms with van der Waals surface area (Å²) in [5.41, 5.74) is -0.283. The van der Waals surface area contributed by atoms with Crippen molar-refractivity contribution in [3.63, 3.8) is 0 Å². The van der Waals surface area contributed by atoms with Crippen molar-refractivity contribution in [3.8, 4) is 0 Å². The zero-order valence-corrected chi connectivity index (χ0v) is 12.1. The Balaban J connectivity index is 2.74. The molecule has 0 aliphatic heterocycles. The van der Waals surface area contributed by atoms with Crippen LogP contribution in [-0.4, -0.2) is 33.7 Å². The quantitative estimate of drug-likeness (QED) is 0.827. The van der Waals surface area contributed by atoms with Crippen molar-refractivity contribution in [1.29, 1.82) is 0 Å². The highest BCUT2D eigenvalue weighted by Crippen LogP contribution is 2.20. The molecule has 1 rings (SSSR count). The summed E-state index contributed by atoms with van der Waals surface area (Å²) in [5.74, 6) is -0.857. The average molecular weight is 290 g/mol. The fourth-order valence-electron chi connectivity index (χ4n) is 1.39. The Kier molecular flexibility index (Phi) is 5.39. The molecule has 0 aliphatic carbocycles. The molecule has 0 radical (unpaired) electrons. The second-order valence-corrected chi connectivity index (χ2v) is 6.70. The molecule has 0 spiro atoms. The van der Waals surface area contributed by atoms with Gasteiger partial charge in [-0.1, -0.05) is 13.8 Å². The van der Waals surface area contributed by atoms with Crippen LogP contribution in [0.2, 0.25) is 0 Å². The number of aromatic nitrogens is 1. The van der Waals surface area contributed by atoms with Crippen molar-refractivity contribution in [2.75, 3.05) is 20.3 Å². The van der Waals surface area contributed by atoms with Crippen LogP contribution in [0.1, 0.15) is 20.3 Å². The number of hydrogen-bond acceptors (Lipinski definition) is 4. The van der Waals surface area contributed by atoms with Crippen molar-refractivity contribution >= 4 is 10.0 Å². The molecular weight excluding hydrogens is 271 g/mol. The lowest BCUT2D eigenvalue weighted by Crippen LogP contribution is -2.35. The van der Waals surface area contributed by atoms with Gasteiger partial charge in [0.1, 0.15) is 0 Å². The van der Waals surface area contributed by atoms with Gasteiger partial charge in [-0.25, -0.2) is 22.5 Å². The molecule has 108 valence electrons. The average Bonchev–Trinajstić information content (AvgIpc) is 2.35. The van der Waals surface area contributed by atoms with E-state index in [0.717, 1.165) is 6.07 Å². The van der Waals surface area contributed by atoms with Crippen LogP contribution in [0.4, 0.5) is 4.39 Å². The minimum Gasteiger partial charge on any atom is -0.385 e. The van der Waals surface area contributed by atoms with E-state index in [0.29, 0.717) is 13.0 Å². The van der Waals surface area contributed by atoms with Crippen molar-refractivity contribution in [3.05, 3.63) is 24.1 Å². The second kappa shape index (κ2) is 6.40. The molecule has 7 heteroatoms. The minimum absolute atomic E-state index is 0.189. The van der Waals surface area contributed by atoms with E-state index in [-0.39, 0.29) is 12.0 Å². The molecule has 1 heterocycles. The zero-order valence-electron chi connectivity index (χ0n) is 11.3. The van der Waals surface area contributed by atoms with Crippen LogP contribution in [0.5, 0.6) is 0 Å². The van der Waals surface area contributed by atoms with Crippen LogP contribution in [0.3, 0.4) is 0 Å². The number of halogens is 1.